The minimum absolute atomic E-state index is 0. The Labute approximate surface area is 148 Å². The molecular formula is C6H6BaO10S2. The summed E-state index contributed by atoms with van der Waals surface area (Å²) in [4.78, 5) is 16.5. The van der Waals surface area contributed by atoms with E-state index in [0.717, 1.165) is 0 Å². The van der Waals surface area contributed by atoms with Gasteiger partial charge in [0.2, 0.25) is 0 Å². The van der Waals surface area contributed by atoms with Crippen LogP contribution in [0.15, 0.2) is 23.0 Å². The van der Waals surface area contributed by atoms with Crippen molar-refractivity contribution in [2.24, 2.45) is 0 Å². The average molecular weight is 440 g/mol. The summed E-state index contributed by atoms with van der Waals surface area (Å²) in [6.07, 6.45) is 0. The van der Waals surface area contributed by atoms with Crippen molar-refractivity contribution < 1.29 is 45.7 Å². The van der Waals surface area contributed by atoms with Crippen LogP contribution >= 0.6 is 0 Å². The number of carbonyl (C=O) groups is 2. The van der Waals surface area contributed by atoms with Crippen LogP contribution in [0.5, 0.6) is 0 Å². The number of hydrogen-bond donors (Lipinski definition) is 2. The fraction of sp³-hybridized carbons (Fsp3) is 0. The molecule has 0 aromatic carbocycles. The molecule has 0 aliphatic carbocycles. The zero-order chi connectivity index (χ0) is 15.3. The third-order valence-corrected chi connectivity index (χ3v) is 2.66. The quantitative estimate of drug-likeness (QED) is 0.247. The zero-order valence-electron chi connectivity index (χ0n) is 9.10. The van der Waals surface area contributed by atoms with Crippen LogP contribution < -0.4 is 10.2 Å². The molecule has 10 nitrogen and oxygen atoms in total. The predicted molar refractivity (Wildman–Crippen MR) is 57.1 cm³/mol. The maximum absolute atomic E-state index is 9.81. The van der Waals surface area contributed by atoms with Gasteiger partial charge in [0.15, 0.2) is 0 Å². The normalized spacial score (nSPS) is 10.2. The summed E-state index contributed by atoms with van der Waals surface area (Å²) in [5, 5.41) is 19.2. The molecule has 0 aliphatic heterocycles. The van der Waals surface area contributed by atoms with Crippen molar-refractivity contribution in [3.05, 3.63) is 23.0 Å². The molecule has 19 heavy (non-hydrogen) atoms. The fourth-order valence-corrected chi connectivity index (χ4v) is 0.632. The van der Waals surface area contributed by atoms with Crippen LogP contribution in [0.25, 0.3) is 0 Å². The van der Waals surface area contributed by atoms with Crippen LogP contribution in [0.4, 0.5) is 0 Å². The molecule has 0 radical (unpaired) electrons. The Kier molecular flexibility index (Phi) is 11.2. The van der Waals surface area contributed by atoms with E-state index in [1.165, 1.54) is 0 Å². The van der Waals surface area contributed by atoms with Crippen molar-refractivity contribution in [1.29, 1.82) is 0 Å². The minimum atomic E-state index is -4.66. The molecular weight excluding hydrogens is 434 g/mol. The monoisotopic (exact) mass is 440 g/mol. The van der Waals surface area contributed by atoms with Gasteiger partial charge in [-0.15, -0.1) is 0 Å². The second kappa shape index (κ2) is 8.88. The molecule has 13 heteroatoms. The Balaban J connectivity index is -0.000000256. The maximum atomic E-state index is 9.81. The van der Waals surface area contributed by atoms with Gasteiger partial charge in [0.05, 0.1) is 11.9 Å². The molecule has 0 saturated heterocycles. The van der Waals surface area contributed by atoms with E-state index in [9.17, 15) is 36.6 Å². The van der Waals surface area contributed by atoms with Crippen molar-refractivity contribution in [3.63, 3.8) is 0 Å². The molecule has 104 valence electrons. The van der Waals surface area contributed by atoms with E-state index in [1.807, 2.05) is 0 Å². The third-order valence-electron chi connectivity index (χ3n) is 1.08. The van der Waals surface area contributed by atoms with E-state index in [2.05, 4.69) is 13.2 Å². The smallest absolute Gasteiger partial charge is 0.544 e. The molecule has 0 spiro atoms. The van der Waals surface area contributed by atoms with Crippen molar-refractivity contribution >= 4 is 81.1 Å². The summed E-state index contributed by atoms with van der Waals surface area (Å²) >= 11 is 0. The van der Waals surface area contributed by atoms with Crippen LogP contribution in [0.3, 0.4) is 0 Å². The summed E-state index contributed by atoms with van der Waals surface area (Å²) in [6.45, 7) is 5.05. The number of carbonyl (C=O) groups excluding carboxylic acids is 2. The first-order chi connectivity index (χ1) is 7.71. The van der Waals surface area contributed by atoms with Crippen LogP contribution in [0.2, 0.25) is 0 Å². The van der Waals surface area contributed by atoms with Gasteiger partial charge in [-0.2, -0.15) is 16.8 Å². The van der Waals surface area contributed by atoms with Gasteiger partial charge in [0, 0.05) is 0 Å². The Morgan fingerprint density at radius 3 is 0.947 bits per heavy atom. The predicted octanol–water partition coefficient (Wildman–Crippen LogP) is -4.11. The van der Waals surface area contributed by atoms with E-state index in [4.69, 9.17) is 9.11 Å². The van der Waals surface area contributed by atoms with Crippen molar-refractivity contribution in [3.8, 4) is 0 Å². The first-order valence-corrected chi connectivity index (χ1v) is 6.34. The average Bonchev–Trinajstić information content (AvgIpc) is 2.13. The molecule has 0 bridgehead atoms. The van der Waals surface area contributed by atoms with Gasteiger partial charge in [-0.05, 0) is 0 Å². The summed E-state index contributed by atoms with van der Waals surface area (Å²) in [7, 11) is -9.32. The second-order valence-electron chi connectivity index (χ2n) is 2.37. The van der Waals surface area contributed by atoms with E-state index < -0.39 is 42.0 Å². The van der Waals surface area contributed by atoms with Gasteiger partial charge in [-0.3, -0.25) is 9.11 Å². The number of rotatable bonds is 4. The van der Waals surface area contributed by atoms with Gasteiger partial charge >= 0.3 is 48.9 Å². The summed E-state index contributed by atoms with van der Waals surface area (Å²) < 4.78 is 55.0. The van der Waals surface area contributed by atoms with Crippen molar-refractivity contribution in [1.82, 2.24) is 0 Å². The summed E-state index contributed by atoms with van der Waals surface area (Å²) in [6, 6.07) is 0. The first kappa shape index (κ1) is 23.9. The molecule has 0 fully saturated rings. The molecule has 0 rings (SSSR count). The minimum Gasteiger partial charge on any atom is -0.544 e. The van der Waals surface area contributed by atoms with E-state index in [0.29, 0.717) is 0 Å². The standard InChI is InChI=1S/2C3H4O5S.Ba/c2*1-2(3(4)5)9(6,7)8;/h2*1H2,(H,4,5)(H,6,7,8);/q;;+2/p-2. The molecule has 0 atom stereocenters. The Morgan fingerprint density at radius 2 is 0.947 bits per heavy atom. The number of carboxylic acids is 2. The first-order valence-electron chi connectivity index (χ1n) is 3.46. The molecule has 0 unspecified atom stereocenters. The molecule has 0 aromatic rings. The summed E-state index contributed by atoms with van der Waals surface area (Å²) in [5.41, 5.74) is 0. The number of carboxylic acid groups (broad SMARTS) is 2. The van der Waals surface area contributed by atoms with Crippen LogP contribution in [-0.2, 0) is 29.8 Å². The van der Waals surface area contributed by atoms with Gasteiger partial charge < -0.3 is 19.8 Å². The Morgan fingerprint density at radius 1 is 0.789 bits per heavy atom. The van der Waals surface area contributed by atoms with Crippen LogP contribution in [-0.4, -0.2) is 86.8 Å². The van der Waals surface area contributed by atoms with Gasteiger partial charge in [-0.25, -0.2) is 0 Å². The molecule has 0 aromatic heterocycles. The molecule has 0 aliphatic rings. The van der Waals surface area contributed by atoms with Crippen molar-refractivity contribution in [2.45, 2.75) is 0 Å². The van der Waals surface area contributed by atoms with E-state index in [-0.39, 0.29) is 48.9 Å². The fourth-order valence-electron chi connectivity index (χ4n) is 0.211. The zero-order valence-corrected chi connectivity index (χ0v) is 15.2. The largest absolute Gasteiger partial charge is 2.00 e. The SMILES string of the molecule is C=C(C(=O)[O-])S(=O)(=O)O.C=C(C(=O)[O-])S(=O)(=O)O.[Ba+2]. The third kappa shape index (κ3) is 11.3. The van der Waals surface area contributed by atoms with Gasteiger partial charge in [0.1, 0.15) is 9.81 Å². The van der Waals surface area contributed by atoms with Gasteiger partial charge in [-0.1, -0.05) is 13.2 Å². The summed E-state index contributed by atoms with van der Waals surface area (Å²) in [5.74, 6) is -4.00. The van der Waals surface area contributed by atoms with E-state index in [1.54, 1.807) is 0 Å². The van der Waals surface area contributed by atoms with Gasteiger partial charge in [0.25, 0.3) is 20.2 Å². The molecule has 2 N–H and O–H groups in total. The Hall–Kier alpha value is -0.189. The number of hydrogen-bond acceptors (Lipinski definition) is 8. The molecule has 0 saturated carbocycles. The van der Waals surface area contributed by atoms with Crippen LogP contribution in [0, 0.1) is 0 Å². The molecule has 0 amide bonds. The van der Waals surface area contributed by atoms with E-state index >= 15 is 0 Å². The second-order valence-corrected chi connectivity index (χ2v) is 5.26. The number of aliphatic carboxylic acids is 2. The topological polar surface area (TPSA) is 189 Å². The molecule has 0 heterocycles. The van der Waals surface area contributed by atoms with Crippen molar-refractivity contribution in [2.75, 3.05) is 0 Å². The Bertz CT molecular complexity index is 530. The maximum Gasteiger partial charge on any atom is 2.00 e. The van der Waals surface area contributed by atoms with Crippen LogP contribution in [0.1, 0.15) is 0 Å².